The second kappa shape index (κ2) is 6.95. The zero-order valence-electron chi connectivity index (χ0n) is 14.3. The Bertz CT molecular complexity index is 1260. The summed E-state index contributed by atoms with van der Waals surface area (Å²) in [5.41, 5.74) is 2.25. The normalized spacial score (nSPS) is 10.9. The molecule has 3 aromatic carbocycles. The van der Waals surface area contributed by atoms with Crippen LogP contribution in [0.2, 0.25) is 5.02 Å². The van der Waals surface area contributed by atoms with Crippen LogP contribution in [0.1, 0.15) is 11.1 Å². The van der Waals surface area contributed by atoms with E-state index in [9.17, 15) is 13.9 Å². The van der Waals surface area contributed by atoms with Gasteiger partial charge in [0.25, 0.3) is 0 Å². The number of aromatic nitrogens is 2. The fourth-order valence-electron chi connectivity index (χ4n) is 3.10. The van der Waals surface area contributed by atoms with Crippen LogP contribution in [-0.4, -0.2) is 14.7 Å². The van der Waals surface area contributed by atoms with Crippen molar-refractivity contribution in [3.63, 3.8) is 0 Å². The van der Waals surface area contributed by atoms with Gasteiger partial charge in [0.1, 0.15) is 11.6 Å². The van der Waals surface area contributed by atoms with E-state index in [1.54, 1.807) is 34.9 Å². The lowest BCUT2D eigenvalue weighted by Gasteiger charge is -2.11. The largest absolute Gasteiger partial charge is 0.507 e. The molecule has 4 aromatic rings. The first-order valence-corrected chi connectivity index (χ1v) is 8.67. The summed E-state index contributed by atoms with van der Waals surface area (Å²) in [6.45, 7) is 0.245. The van der Waals surface area contributed by atoms with Crippen LogP contribution in [0.15, 0.2) is 54.6 Å². The summed E-state index contributed by atoms with van der Waals surface area (Å²) in [7, 11) is 0. The van der Waals surface area contributed by atoms with Crippen molar-refractivity contribution in [3.8, 4) is 23.2 Å². The average molecular weight is 396 g/mol. The number of benzene rings is 3. The Balaban J connectivity index is 1.95. The number of nitriles is 1. The number of phenolic OH excluding ortho intramolecular Hbond substituents is 1. The van der Waals surface area contributed by atoms with Crippen molar-refractivity contribution in [2.45, 2.75) is 6.54 Å². The molecule has 0 unspecified atom stereocenters. The highest BCUT2D eigenvalue weighted by Crippen LogP contribution is 2.34. The third-order valence-electron chi connectivity index (χ3n) is 4.39. The maximum Gasteiger partial charge on any atom is 0.161 e. The van der Waals surface area contributed by atoms with E-state index in [2.05, 4.69) is 11.1 Å². The Morgan fingerprint density at radius 2 is 1.86 bits per heavy atom. The van der Waals surface area contributed by atoms with Crippen LogP contribution in [0.3, 0.4) is 0 Å². The Morgan fingerprint density at radius 3 is 2.61 bits per heavy atom. The van der Waals surface area contributed by atoms with Crippen LogP contribution >= 0.6 is 11.6 Å². The highest BCUT2D eigenvalue weighted by molar-refractivity contribution is 6.30. The second-order valence-electron chi connectivity index (χ2n) is 6.25. The number of hydrogen-bond donors (Lipinski definition) is 1. The molecule has 28 heavy (non-hydrogen) atoms. The molecule has 7 heteroatoms. The molecule has 0 aliphatic carbocycles. The van der Waals surface area contributed by atoms with Crippen molar-refractivity contribution in [2.24, 2.45) is 0 Å². The minimum atomic E-state index is -1.00. The molecule has 0 saturated carbocycles. The lowest BCUT2D eigenvalue weighted by Crippen LogP contribution is -2.03. The first-order chi connectivity index (χ1) is 13.5. The number of nitrogens with zero attached hydrogens (tertiary/aromatic N) is 3. The van der Waals surface area contributed by atoms with Gasteiger partial charge in [-0.15, -0.1) is 0 Å². The monoisotopic (exact) mass is 395 g/mol. The van der Waals surface area contributed by atoms with Gasteiger partial charge in [0.2, 0.25) is 0 Å². The van der Waals surface area contributed by atoms with Crippen molar-refractivity contribution < 1.29 is 13.9 Å². The summed E-state index contributed by atoms with van der Waals surface area (Å²) in [4.78, 5) is 4.40. The molecule has 0 radical (unpaired) electrons. The van der Waals surface area contributed by atoms with E-state index in [4.69, 9.17) is 16.9 Å². The van der Waals surface area contributed by atoms with Gasteiger partial charge in [0.15, 0.2) is 11.6 Å². The molecule has 1 N–H and O–H groups in total. The zero-order valence-corrected chi connectivity index (χ0v) is 15.1. The number of halogens is 3. The van der Waals surface area contributed by atoms with Gasteiger partial charge in [-0.3, -0.25) is 0 Å². The van der Waals surface area contributed by atoms with Gasteiger partial charge in [-0.1, -0.05) is 23.7 Å². The molecule has 0 aliphatic heterocycles. The lowest BCUT2D eigenvalue weighted by molar-refractivity contribution is 0.476. The molecular formula is C21H12ClF2N3O. The van der Waals surface area contributed by atoms with Crippen molar-refractivity contribution in [1.82, 2.24) is 9.55 Å². The summed E-state index contributed by atoms with van der Waals surface area (Å²) in [5.74, 6) is -1.77. The molecule has 0 amide bonds. The van der Waals surface area contributed by atoms with Crippen LogP contribution in [0, 0.1) is 23.0 Å². The lowest BCUT2D eigenvalue weighted by atomic mass is 10.1. The number of hydrogen-bond acceptors (Lipinski definition) is 3. The number of rotatable bonds is 3. The SMILES string of the molecule is N#Cc1cccc(Cn2c(-c3ccc(Cl)cc3O)nc3cc(F)c(F)cc32)c1. The molecule has 138 valence electrons. The molecule has 0 spiro atoms. The summed E-state index contributed by atoms with van der Waals surface area (Å²) in [5, 5.41) is 19.8. The average Bonchev–Trinajstić information content (AvgIpc) is 2.99. The van der Waals surface area contributed by atoms with Crippen molar-refractivity contribution in [2.75, 3.05) is 0 Å². The molecule has 0 bridgehead atoms. The topological polar surface area (TPSA) is 61.8 Å². The zero-order chi connectivity index (χ0) is 19.8. The minimum Gasteiger partial charge on any atom is -0.507 e. The third-order valence-corrected chi connectivity index (χ3v) is 4.62. The molecule has 0 fully saturated rings. The molecular weight excluding hydrogens is 384 g/mol. The Kier molecular flexibility index (Phi) is 4.46. The first-order valence-electron chi connectivity index (χ1n) is 8.29. The second-order valence-corrected chi connectivity index (χ2v) is 6.69. The molecule has 1 heterocycles. The Hall–Kier alpha value is -3.43. The van der Waals surface area contributed by atoms with Gasteiger partial charge in [-0.2, -0.15) is 5.26 Å². The number of aromatic hydroxyl groups is 1. The molecule has 0 saturated heterocycles. The minimum absolute atomic E-state index is 0.101. The summed E-state index contributed by atoms with van der Waals surface area (Å²) >= 11 is 5.91. The van der Waals surface area contributed by atoms with E-state index in [1.165, 1.54) is 6.07 Å². The van der Waals surface area contributed by atoms with E-state index in [0.29, 0.717) is 27.5 Å². The quantitative estimate of drug-likeness (QED) is 0.514. The highest BCUT2D eigenvalue weighted by atomic mass is 35.5. The third kappa shape index (κ3) is 3.17. The van der Waals surface area contributed by atoms with Crippen LogP contribution in [0.5, 0.6) is 5.75 Å². The van der Waals surface area contributed by atoms with E-state index in [0.717, 1.165) is 17.7 Å². The van der Waals surface area contributed by atoms with Gasteiger partial charge in [0.05, 0.1) is 28.2 Å². The highest BCUT2D eigenvalue weighted by Gasteiger charge is 2.18. The summed E-state index contributed by atoms with van der Waals surface area (Å²) in [6, 6.07) is 15.7. The van der Waals surface area contributed by atoms with Crippen LogP contribution < -0.4 is 0 Å². The number of imidazole rings is 1. The van der Waals surface area contributed by atoms with E-state index in [1.807, 2.05) is 6.07 Å². The fourth-order valence-corrected chi connectivity index (χ4v) is 3.27. The first kappa shape index (κ1) is 18.0. The molecule has 0 aliphatic rings. The van der Waals surface area contributed by atoms with Crippen molar-refractivity contribution in [1.29, 1.82) is 5.26 Å². The maximum atomic E-state index is 13.9. The molecule has 4 rings (SSSR count). The molecule has 4 nitrogen and oxygen atoms in total. The van der Waals surface area contributed by atoms with E-state index in [-0.39, 0.29) is 17.8 Å². The smallest absolute Gasteiger partial charge is 0.161 e. The summed E-state index contributed by atoms with van der Waals surface area (Å²) in [6.07, 6.45) is 0. The van der Waals surface area contributed by atoms with E-state index < -0.39 is 11.6 Å². The van der Waals surface area contributed by atoms with Crippen LogP contribution in [0.25, 0.3) is 22.4 Å². The Morgan fingerprint density at radius 1 is 1.07 bits per heavy atom. The predicted octanol–water partition coefficient (Wildman–Crippen LogP) is 5.26. The van der Waals surface area contributed by atoms with Gasteiger partial charge < -0.3 is 9.67 Å². The Labute approximate surface area is 163 Å². The van der Waals surface area contributed by atoms with Gasteiger partial charge in [0, 0.05) is 23.7 Å². The van der Waals surface area contributed by atoms with Gasteiger partial charge >= 0.3 is 0 Å². The van der Waals surface area contributed by atoms with Crippen molar-refractivity contribution in [3.05, 3.63) is 82.4 Å². The van der Waals surface area contributed by atoms with Gasteiger partial charge in [-0.05, 0) is 35.9 Å². The van der Waals surface area contributed by atoms with Crippen LogP contribution in [-0.2, 0) is 6.54 Å². The van der Waals surface area contributed by atoms with Crippen LogP contribution in [0.4, 0.5) is 8.78 Å². The van der Waals surface area contributed by atoms with E-state index >= 15 is 0 Å². The predicted molar refractivity (Wildman–Crippen MR) is 102 cm³/mol. The number of fused-ring (bicyclic) bond motifs is 1. The fraction of sp³-hybridized carbons (Fsp3) is 0.0476. The molecule has 1 aromatic heterocycles. The van der Waals surface area contributed by atoms with Crippen molar-refractivity contribution >= 4 is 22.6 Å². The number of phenols is 1. The maximum absolute atomic E-state index is 13.9. The van der Waals surface area contributed by atoms with Gasteiger partial charge in [-0.25, -0.2) is 13.8 Å². The molecule has 0 atom stereocenters. The summed E-state index contributed by atoms with van der Waals surface area (Å²) < 4.78 is 29.3. The standard InChI is InChI=1S/C21H12ClF2N3O/c22-14-4-5-15(20(28)7-14)21-26-18-8-16(23)17(24)9-19(18)27(21)11-13-3-1-2-12(6-13)10-25/h1-9,28H,11H2.